The maximum Gasteiger partial charge on any atom is 0.329 e. The molecule has 1 radical (unpaired) electrons. The average molecular weight is 241 g/mol. The second-order valence-corrected chi connectivity index (χ2v) is 3.65. The summed E-state index contributed by atoms with van der Waals surface area (Å²) in [6.07, 6.45) is 0.443. The summed E-state index contributed by atoms with van der Waals surface area (Å²) in [6.45, 7) is 2.85. The molecule has 1 aliphatic rings. The first-order valence-electron chi connectivity index (χ1n) is 4.99. The van der Waals surface area contributed by atoms with Gasteiger partial charge in [0.05, 0.1) is 20.1 Å². The molecule has 17 heavy (non-hydrogen) atoms. The van der Waals surface area contributed by atoms with Gasteiger partial charge in [0.25, 0.3) is 0 Å². The minimum absolute atomic E-state index is 0.180. The average Bonchev–Trinajstić information content (AvgIpc) is 2.30. The Hall–Kier alpha value is -1.92. The molecular weight excluding hydrogens is 228 g/mol. The standard InChI is InChI=1S/C10H13N2O5/c1-6(5-13)4-12-7(9(15)17-2)3-8(14)11-10(12)16/h4-7H,3H2,1-2H3,(H,11,14,16). The second-order valence-electron chi connectivity index (χ2n) is 3.65. The summed E-state index contributed by atoms with van der Waals surface area (Å²) in [7, 11) is 1.17. The van der Waals surface area contributed by atoms with Gasteiger partial charge in [0.1, 0.15) is 12.3 Å². The van der Waals surface area contributed by atoms with Crippen molar-refractivity contribution in [1.82, 2.24) is 10.2 Å². The van der Waals surface area contributed by atoms with Crippen molar-refractivity contribution in [3.8, 4) is 0 Å². The van der Waals surface area contributed by atoms with Gasteiger partial charge in [-0.3, -0.25) is 10.1 Å². The molecular formula is C10H13N2O5. The Morgan fingerprint density at radius 2 is 2.24 bits per heavy atom. The van der Waals surface area contributed by atoms with Crippen LogP contribution in [0.4, 0.5) is 4.79 Å². The van der Waals surface area contributed by atoms with Crippen molar-refractivity contribution in [3.05, 3.63) is 6.54 Å². The number of aldehydes is 1. The molecule has 2 atom stereocenters. The number of carbonyl (C=O) groups excluding carboxylic acids is 4. The van der Waals surface area contributed by atoms with Crippen molar-refractivity contribution in [2.75, 3.05) is 7.11 Å². The zero-order chi connectivity index (χ0) is 13.0. The molecule has 0 spiro atoms. The smallest absolute Gasteiger partial charge is 0.329 e. The van der Waals surface area contributed by atoms with Crippen LogP contribution in [-0.2, 0) is 19.1 Å². The molecule has 1 N–H and O–H groups in total. The molecule has 7 nitrogen and oxygen atoms in total. The van der Waals surface area contributed by atoms with Crippen LogP contribution >= 0.6 is 0 Å². The third kappa shape index (κ3) is 3.02. The topological polar surface area (TPSA) is 92.8 Å². The molecule has 0 saturated carbocycles. The van der Waals surface area contributed by atoms with Gasteiger partial charge >= 0.3 is 12.0 Å². The fourth-order valence-corrected chi connectivity index (χ4v) is 1.44. The Morgan fingerprint density at radius 1 is 1.59 bits per heavy atom. The molecule has 1 fully saturated rings. The van der Waals surface area contributed by atoms with E-state index < -0.39 is 29.9 Å². The van der Waals surface area contributed by atoms with Crippen molar-refractivity contribution >= 4 is 24.2 Å². The highest BCUT2D eigenvalue weighted by Gasteiger charge is 2.38. The first-order chi connectivity index (χ1) is 7.99. The minimum atomic E-state index is -1.01. The van der Waals surface area contributed by atoms with Crippen molar-refractivity contribution in [1.29, 1.82) is 0 Å². The van der Waals surface area contributed by atoms with E-state index >= 15 is 0 Å². The summed E-state index contributed by atoms with van der Waals surface area (Å²) < 4.78 is 4.51. The van der Waals surface area contributed by atoms with Crippen LogP contribution in [0, 0.1) is 12.5 Å². The number of methoxy groups -OCH3 is 1. The summed E-state index contributed by atoms with van der Waals surface area (Å²) in [6, 6.07) is -1.74. The molecule has 2 unspecified atom stereocenters. The summed E-state index contributed by atoms with van der Waals surface area (Å²) in [5.74, 6) is -1.78. The molecule has 0 aromatic heterocycles. The lowest BCUT2D eigenvalue weighted by Gasteiger charge is -2.33. The van der Waals surface area contributed by atoms with Gasteiger partial charge in [-0.2, -0.15) is 0 Å². The fourth-order valence-electron chi connectivity index (χ4n) is 1.44. The molecule has 3 amide bonds. The van der Waals surface area contributed by atoms with E-state index in [1.54, 1.807) is 6.92 Å². The lowest BCUT2D eigenvalue weighted by atomic mass is 10.1. The second kappa shape index (κ2) is 5.42. The van der Waals surface area contributed by atoms with Crippen molar-refractivity contribution < 1.29 is 23.9 Å². The van der Waals surface area contributed by atoms with Gasteiger partial charge in [0.15, 0.2) is 0 Å². The summed E-state index contributed by atoms with van der Waals surface area (Å²) in [4.78, 5) is 45.7. The lowest BCUT2D eigenvalue weighted by molar-refractivity contribution is -0.148. The Morgan fingerprint density at radius 3 is 2.76 bits per heavy atom. The Balaban J connectivity index is 2.86. The number of nitrogens with zero attached hydrogens (tertiary/aromatic N) is 1. The van der Waals surface area contributed by atoms with Crippen LogP contribution in [-0.4, -0.2) is 42.2 Å². The highest BCUT2D eigenvalue weighted by molar-refractivity contribution is 6.01. The summed E-state index contributed by atoms with van der Waals surface area (Å²) >= 11 is 0. The van der Waals surface area contributed by atoms with Crippen LogP contribution in [0.2, 0.25) is 0 Å². The predicted octanol–water partition coefficient (Wildman–Crippen LogP) is -0.533. The van der Waals surface area contributed by atoms with Crippen molar-refractivity contribution in [2.24, 2.45) is 5.92 Å². The third-order valence-electron chi connectivity index (χ3n) is 2.28. The number of nitrogens with one attached hydrogen (secondary N) is 1. The van der Waals surface area contributed by atoms with Crippen LogP contribution in [0.3, 0.4) is 0 Å². The molecule has 7 heteroatoms. The van der Waals surface area contributed by atoms with E-state index in [1.165, 1.54) is 13.7 Å². The molecule has 1 aliphatic heterocycles. The van der Waals surface area contributed by atoms with Gasteiger partial charge in [0, 0.05) is 5.92 Å². The van der Waals surface area contributed by atoms with Crippen LogP contribution < -0.4 is 5.32 Å². The number of amides is 3. The number of carbonyl (C=O) groups is 4. The van der Waals surface area contributed by atoms with Crippen LogP contribution in [0.15, 0.2) is 0 Å². The molecule has 0 bridgehead atoms. The first kappa shape index (κ1) is 13.1. The summed E-state index contributed by atoms with van der Waals surface area (Å²) in [5, 5.41) is 2.06. The number of ether oxygens (including phenoxy) is 1. The molecule has 1 rings (SSSR count). The molecule has 93 valence electrons. The Labute approximate surface area is 98.1 Å². The molecule has 1 heterocycles. The van der Waals surface area contributed by atoms with E-state index in [0.717, 1.165) is 4.90 Å². The molecule has 0 aromatic rings. The van der Waals surface area contributed by atoms with Gasteiger partial charge in [0.2, 0.25) is 5.91 Å². The van der Waals surface area contributed by atoms with Gasteiger partial charge in [-0.25, -0.2) is 9.59 Å². The highest BCUT2D eigenvalue weighted by Crippen LogP contribution is 2.16. The molecule has 1 saturated heterocycles. The maximum atomic E-state index is 11.5. The Kier molecular flexibility index (Phi) is 4.19. The molecule has 0 aromatic carbocycles. The number of rotatable bonds is 4. The van der Waals surface area contributed by atoms with Crippen LogP contribution in [0.25, 0.3) is 0 Å². The monoisotopic (exact) mass is 241 g/mol. The van der Waals surface area contributed by atoms with E-state index in [9.17, 15) is 19.2 Å². The number of imide groups is 1. The third-order valence-corrected chi connectivity index (χ3v) is 2.28. The SMILES string of the molecule is COC(=O)C1CC(=O)NC(=O)N1[CH]C(C)C=O. The van der Waals surface area contributed by atoms with Gasteiger partial charge in [-0.05, 0) is 0 Å². The van der Waals surface area contributed by atoms with E-state index in [1.807, 2.05) is 0 Å². The number of urea groups is 1. The van der Waals surface area contributed by atoms with Gasteiger partial charge < -0.3 is 14.4 Å². The van der Waals surface area contributed by atoms with E-state index in [2.05, 4.69) is 10.1 Å². The predicted molar refractivity (Wildman–Crippen MR) is 55.3 cm³/mol. The van der Waals surface area contributed by atoms with E-state index in [-0.39, 0.29) is 6.42 Å². The fraction of sp³-hybridized carbons (Fsp3) is 0.500. The number of esters is 1. The van der Waals surface area contributed by atoms with Crippen molar-refractivity contribution in [2.45, 2.75) is 19.4 Å². The largest absolute Gasteiger partial charge is 0.467 e. The zero-order valence-corrected chi connectivity index (χ0v) is 9.50. The van der Waals surface area contributed by atoms with E-state index in [0.29, 0.717) is 6.29 Å². The van der Waals surface area contributed by atoms with Gasteiger partial charge in [-0.1, -0.05) is 6.92 Å². The normalized spacial score (nSPS) is 21.8. The quantitative estimate of drug-likeness (QED) is 0.527. The summed E-state index contributed by atoms with van der Waals surface area (Å²) in [5.41, 5.74) is 0. The molecule has 0 aliphatic carbocycles. The highest BCUT2D eigenvalue weighted by atomic mass is 16.5. The lowest BCUT2D eigenvalue weighted by Crippen LogP contribution is -2.57. The van der Waals surface area contributed by atoms with Crippen LogP contribution in [0.5, 0.6) is 0 Å². The Bertz CT molecular complexity index is 355. The van der Waals surface area contributed by atoms with Gasteiger partial charge in [-0.15, -0.1) is 0 Å². The van der Waals surface area contributed by atoms with Crippen LogP contribution in [0.1, 0.15) is 13.3 Å². The van der Waals surface area contributed by atoms with E-state index in [4.69, 9.17) is 0 Å². The van der Waals surface area contributed by atoms with Crippen molar-refractivity contribution in [3.63, 3.8) is 0 Å². The number of hydrogen-bond donors (Lipinski definition) is 1. The first-order valence-corrected chi connectivity index (χ1v) is 4.99. The minimum Gasteiger partial charge on any atom is -0.467 e. The number of hydrogen-bond acceptors (Lipinski definition) is 5. The maximum absolute atomic E-state index is 11.5. The zero-order valence-electron chi connectivity index (χ0n) is 9.50.